The van der Waals surface area contributed by atoms with Gasteiger partial charge in [-0.15, -0.1) is 0 Å². The first kappa shape index (κ1) is 4.61. The maximum Gasteiger partial charge on any atom is 0.0953 e. The van der Waals surface area contributed by atoms with Gasteiger partial charge in [0.15, 0.2) is 0 Å². The molecular weight excluding hydrogens is 92.1 g/mol. The molecule has 1 rings (SSSR count). The van der Waals surface area contributed by atoms with Crippen LogP contribution < -0.4 is 11.2 Å². The van der Waals surface area contributed by atoms with Crippen molar-refractivity contribution < 1.29 is 4.84 Å². The molecule has 1 aliphatic heterocycles. The van der Waals surface area contributed by atoms with Crippen LogP contribution in [0, 0.1) is 0 Å². The van der Waals surface area contributed by atoms with E-state index in [1.807, 2.05) is 0 Å². The van der Waals surface area contributed by atoms with E-state index in [2.05, 4.69) is 12.1 Å². The summed E-state index contributed by atoms with van der Waals surface area (Å²) in [6.07, 6.45) is 0. The Morgan fingerprint density at radius 2 is 2.71 bits per heavy atom. The third-order valence-electron chi connectivity index (χ3n) is 0.914. The van der Waals surface area contributed by atoms with Crippen molar-refractivity contribution in [1.29, 1.82) is 0 Å². The van der Waals surface area contributed by atoms with Gasteiger partial charge in [-0.05, 0) is 0 Å². The molecule has 0 spiro atoms. The minimum Gasteiger partial charge on any atom is -0.321 e. The standard InChI is InChI=1S/C4H8N2O/c1-3-4(5)2-7-6-3/h4,6H,1-2,5H2/t4-/m0/s1. The zero-order chi connectivity index (χ0) is 5.28. The van der Waals surface area contributed by atoms with Crippen LogP contribution in [-0.2, 0) is 4.84 Å². The lowest BCUT2D eigenvalue weighted by Crippen LogP contribution is -2.21. The van der Waals surface area contributed by atoms with Crippen LogP contribution in [0.25, 0.3) is 0 Å². The minimum atomic E-state index is -0.0139. The summed E-state index contributed by atoms with van der Waals surface area (Å²) in [7, 11) is 0. The fourth-order valence-corrected chi connectivity index (χ4v) is 0.400. The molecule has 0 radical (unpaired) electrons. The van der Waals surface area contributed by atoms with Crippen LogP contribution >= 0.6 is 0 Å². The second kappa shape index (κ2) is 1.52. The van der Waals surface area contributed by atoms with Gasteiger partial charge in [0.1, 0.15) is 0 Å². The van der Waals surface area contributed by atoms with Crippen LogP contribution in [0.1, 0.15) is 0 Å². The molecule has 0 amide bonds. The number of hydrogen-bond donors (Lipinski definition) is 2. The first-order valence-electron chi connectivity index (χ1n) is 2.13. The zero-order valence-electron chi connectivity index (χ0n) is 3.98. The molecule has 0 aromatic rings. The second-order valence-corrected chi connectivity index (χ2v) is 1.54. The van der Waals surface area contributed by atoms with Crippen LogP contribution in [0.4, 0.5) is 0 Å². The van der Waals surface area contributed by atoms with Gasteiger partial charge in [-0.2, -0.15) is 0 Å². The molecule has 0 aliphatic carbocycles. The van der Waals surface area contributed by atoms with Crippen molar-refractivity contribution in [3.63, 3.8) is 0 Å². The maximum atomic E-state index is 5.39. The van der Waals surface area contributed by atoms with Gasteiger partial charge < -0.3 is 5.73 Å². The first-order valence-corrected chi connectivity index (χ1v) is 2.13. The van der Waals surface area contributed by atoms with Crippen LogP contribution in [0.5, 0.6) is 0 Å². The van der Waals surface area contributed by atoms with Gasteiger partial charge in [-0.3, -0.25) is 10.3 Å². The van der Waals surface area contributed by atoms with Gasteiger partial charge in [0, 0.05) is 5.70 Å². The highest BCUT2D eigenvalue weighted by atomic mass is 16.7. The highest BCUT2D eigenvalue weighted by Gasteiger charge is 2.13. The van der Waals surface area contributed by atoms with E-state index < -0.39 is 0 Å². The molecule has 0 aromatic heterocycles. The molecule has 0 bridgehead atoms. The van der Waals surface area contributed by atoms with Crippen molar-refractivity contribution in [1.82, 2.24) is 5.48 Å². The van der Waals surface area contributed by atoms with E-state index in [9.17, 15) is 0 Å². The summed E-state index contributed by atoms with van der Waals surface area (Å²) in [6, 6.07) is -0.0139. The number of nitrogens with one attached hydrogen (secondary N) is 1. The molecule has 7 heavy (non-hydrogen) atoms. The highest BCUT2D eigenvalue weighted by Crippen LogP contribution is 1.98. The molecule has 1 aliphatic rings. The van der Waals surface area contributed by atoms with E-state index in [1.54, 1.807) is 0 Å². The van der Waals surface area contributed by atoms with Gasteiger partial charge in [0.05, 0.1) is 12.6 Å². The fraction of sp³-hybridized carbons (Fsp3) is 0.500. The van der Waals surface area contributed by atoms with Crippen LogP contribution in [0.2, 0.25) is 0 Å². The third kappa shape index (κ3) is 0.730. The topological polar surface area (TPSA) is 47.3 Å². The molecule has 0 aromatic carbocycles. The highest BCUT2D eigenvalue weighted by molar-refractivity contribution is 5.02. The molecule has 1 fully saturated rings. The normalized spacial score (nSPS) is 30.4. The monoisotopic (exact) mass is 100 g/mol. The van der Waals surface area contributed by atoms with Crippen molar-refractivity contribution >= 4 is 0 Å². The van der Waals surface area contributed by atoms with Crippen molar-refractivity contribution in [3.05, 3.63) is 12.3 Å². The zero-order valence-corrected chi connectivity index (χ0v) is 3.98. The molecule has 40 valence electrons. The summed E-state index contributed by atoms with van der Waals surface area (Å²) in [5.41, 5.74) is 8.70. The predicted molar refractivity (Wildman–Crippen MR) is 26.2 cm³/mol. The van der Waals surface area contributed by atoms with E-state index in [0.717, 1.165) is 5.70 Å². The van der Waals surface area contributed by atoms with Crippen LogP contribution in [0.15, 0.2) is 12.3 Å². The summed E-state index contributed by atoms with van der Waals surface area (Å²) in [5.74, 6) is 0. The molecule has 1 saturated heterocycles. The van der Waals surface area contributed by atoms with E-state index in [1.165, 1.54) is 0 Å². The number of hydrogen-bond acceptors (Lipinski definition) is 3. The fourth-order valence-electron chi connectivity index (χ4n) is 0.400. The third-order valence-corrected chi connectivity index (χ3v) is 0.914. The SMILES string of the molecule is C=C1NOC[C@@H]1N. The average Bonchev–Trinajstić information content (AvgIpc) is 1.91. The molecule has 3 nitrogen and oxygen atoms in total. The van der Waals surface area contributed by atoms with E-state index >= 15 is 0 Å². The van der Waals surface area contributed by atoms with Gasteiger partial charge in [0.2, 0.25) is 0 Å². The second-order valence-electron chi connectivity index (χ2n) is 1.54. The molecule has 0 saturated carbocycles. The molecule has 3 heteroatoms. The van der Waals surface area contributed by atoms with Crippen molar-refractivity contribution in [2.75, 3.05) is 6.61 Å². The van der Waals surface area contributed by atoms with Gasteiger partial charge in [0.25, 0.3) is 0 Å². The van der Waals surface area contributed by atoms with Gasteiger partial charge in [-0.1, -0.05) is 6.58 Å². The molecule has 1 heterocycles. The maximum absolute atomic E-state index is 5.39. The summed E-state index contributed by atoms with van der Waals surface area (Å²) in [6.45, 7) is 4.11. The minimum absolute atomic E-state index is 0.0139. The number of rotatable bonds is 0. The first-order chi connectivity index (χ1) is 3.30. The predicted octanol–water partition coefficient (Wildman–Crippen LogP) is -0.638. The quantitative estimate of drug-likeness (QED) is 0.425. The lowest BCUT2D eigenvalue weighted by molar-refractivity contribution is 0.109. The lowest BCUT2D eigenvalue weighted by Gasteiger charge is -1.94. The average molecular weight is 100 g/mol. The molecule has 1 atom stereocenters. The van der Waals surface area contributed by atoms with Crippen molar-refractivity contribution in [2.45, 2.75) is 6.04 Å². The van der Waals surface area contributed by atoms with Gasteiger partial charge in [-0.25, -0.2) is 0 Å². The van der Waals surface area contributed by atoms with Crippen molar-refractivity contribution in [3.8, 4) is 0 Å². The smallest absolute Gasteiger partial charge is 0.0953 e. The molecule has 3 N–H and O–H groups in total. The largest absolute Gasteiger partial charge is 0.321 e. The Morgan fingerprint density at radius 1 is 2.00 bits per heavy atom. The molecule has 0 unspecified atom stereocenters. The Bertz CT molecular complexity index is 91.7. The van der Waals surface area contributed by atoms with Crippen LogP contribution in [0.3, 0.4) is 0 Å². The molecular formula is C4H8N2O. The Labute approximate surface area is 42.1 Å². The summed E-state index contributed by atoms with van der Waals surface area (Å²) in [5, 5.41) is 0. The number of hydroxylamine groups is 1. The van der Waals surface area contributed by atoms with Crippen molar-refractivity contribution in [2.24, 2.45) is 5.73 Å². The van der Waals surface area contributed by atoms with E-state index in [-0.39, 0.29) is 6.04 Å². The Morgan fingerprint density at radius 3 is 2.86 bits per heavy atom. The van der Waals surface area contributed by atoms with E-state index in [0.29, 0.717) is 6.61 Å². The Balaban J connectivity index is 2.48. The lowest BCUT2D eigenvalue weighted by atomic mass is 10.3. The summed E-state index contributed by atoms with van der Waals surface area (Å²) < 4.78 is 0. The number of nitrogens with two attached hydrogens (primary N) is 1. The Kier molecular flexibility index (Phi) is 1.00. The van der Waals surface area contributed by atoms with E-state index in [4.69, 9.17) is 10.6 Å². The summed E-state index contributed by atoms with van der Waals surface area (Å²) in [4.78, 5) is 4.69. The van der Waals surface area contributed by atoms with Crippen LogP contribution in [-0.4, -0.2) is 12.6 Å². The Hall–Kier alpha value is -0.540. The van der Waals surface area contributed by atoms with Gasteiger partial charge >= 0.3 is 0 Å². The summed E-state index contributed by atoms with van der Waals surface area (Å²) >= 11 is 0.